The van der Waals surface area contributed by atoms with Crippen LogP contribution in [0.5, 0.6) is 0 Å². The molecule has 1 aromatic heterocycles. The SMILES string of the molecule is c1ccc(-c2cccc(-c3ccc(N(c4ccccc4)c4ccc5c6ccccc6n(-c6cccc(-c7ccccc7)c6)c5c4)cc3)c2)cc1. The van der Waals surface area contributed by atoms with Crippen LogP contribution in [0.2, 0.25) is 0 Å². The van der Waals surface area contributed by atoms with Gasteiger partial charge in [-0.05, 0) is 94.0 Å². The maximum atomic E-state index is 2.41. The molecule has 1 heterocycles. The van der Waals surface area contributed by atoms with Gasteiger partial charge in [-0.15, -0.1) is 0 Å². The summed E-state index contributed by atoms with van der Waals surface area (Å²) in [6.45, 7) is 0. The van der Waals surface area contributed by atoms with E-state index in [-0.39, 0.29) is 0 Å². The van der Waals surface area contributed by atoms with Crippen molar-refractivity contribution in [1.82, 2.24) is 4.57 Å². The lowest BCUT2D eigenvalue weighted by Crippen LogP contribution is -2.10. The van der Waals surface area contributed by atoms with Crippen molar-refractivity contribution >= 4 is 38.9 Å². The van der Waals surface area contributed by atoms with Crippen molar-refractivity contribution in [2.24, 2.45) is 0 Å². The minimum atomic E-state index is 1.10. The lowest BCUT2D eigenvalue weighted by atomic mass is 9.99. The first-order valence-electron chi connectivity index (χ1n) is 17.1. The second kappa shape index (κ2) is 12.8. The van der Waals surface area contributed by atoms with E-state index >= 15 is 0 Å². The van der Waals surface area contributed by atoms with E-state index in [1.54, 1.807) is 0 Å². The Bertz CT molecular complexity index is 2570. The number of fused-ring (bicyclic) bond motifs is 3. The van der Waals surface area contributed by atoms with Crippen molar-refractivity contribution in [3.8, 4) is 39.1 Å². The Morgan fingerprint density at radius 1 is 0.280 bits per heavy atom. The molecule has 50 heavy (non-hydrogen) atoms. The third-order valence-electron chi connectivity index (χ3n) is 9.57. The predicted octanol–water partition coefficient (Wildman–Crippen LogP) is 13.3. The molecular weight excluding hydrogens is 605 g/mol. The van der Waals surface area contributed by atoms with E-state index < -0.39 is 0 Å². The van der Waals surface area contributed by atoms with Gasteiger partial charge in [0.05, 0.1) is 11.0 Å². The predicted molar refractivity (Wildman–Crippen MR) is 212 cm³/mol. The van der Waals surface area contributed by atoms with Gasteiger partial charge in [-0.3, -0.25) is 0 Å². The van der Waals surface area contributed by atoms with Crippen LogP contribution in [-0.2, 0) is 0 Å². The van der Waals surface area contributed by atoms with E-state index in [1.807, 2.05) is 0 Å². The molecule has 9 aromatic rings. The maximum Gasteiger partial charge on any atom is 0.0561 e. The van der Waals surface area contributed by atoms with Gasteiger partial charge >= 0.3 is 0 Å². The fraction of sp³-hybridized carbons (Fsp3) is 0. The highest BCUT2D eigenvalue weighted by Gasteiger charge is 2.18. The zero-order chi connectivity index (χ0) is 33.3. The molecule has 0 bridgehead atoms. The highest BCUT2D eigenvalue weighted by Crippen LogP contribution is 2.40. The monoisotopic (exact) mass is 638 g/mol. The van der Waals surface area contributed by atoms with Crippen molar-refractivity contribution in [2.75, 3.05) is 4.90 Å². The summed E-state index contributed by atoms with van der Waals surface area (Å²) in [5.74, 6) is 0. The number of nitrogens with zero attached hydrogens (tertiary/aromatic N) is 2. The van der Waals surface area contributed by atoms with E-state index in [9.17, 15) is 0 Å². The Morgan fingerprint density at radius 3 is 1.44 bits per heavy atom. The van der Waals surface area contributed by atoms with E-state index in [0.29, 0.717) is 0 Å². The van der Waals surface area contributed by atoms with Gasteiger partial charge in [-0.25, -0.2) is 0 Å². The highest BCUT2D eigenvalue weighted by atomic mass is 15.1. The van der Waals surface area contributed by atoms with Crippen LogP contribution in [0, 0.1) is 0 Å². The summed E-state index contributed by atoms with van der Waals surface area (Å²) in [6.07, 6.45) is 0. The molecule has 236 valence electrons. The fourth-order valence-electron chi connectivity index (χ4n) is 7.17. The molecule has 0 saturated carbocycles. The van der Waals surface area contributed by atoms with Gasteiger partial charge in [-0.2, -0.15) is 0 Å². The zero-order valence-electron chi connectivity index (χ0n) is 27.5. The smallest absolute Gasteiger partial charge is 0.0561 e. The van der Waals surface area contributed by atoms with Crippen molar-refractivity contribution < 1.29 is 0 Å². The van der Waals surface area contributed by atoms with Crippen LogP contribution in [-0.4, -0.2) is 4.57 Å². The molecule has 0 saturated heterocycles. The lowest BCUT2D eigenvalue weighted by Gasteiger charge is -2.26. The minimum absolute atomic E-state index is 1.10. The fourth-order valence-corrected chi connectivity index (χ4v) is 7.17. The summed E-state index contributed by atoms with van der Waals surface area (Å²) in [6, 6.07) is 74.0. The molecule has 8 aromatic carbocycles. The highest BCUT2D eigenvalue weighted by molar-refractivity contribution is 6.10. The van der Waals surface area contributed by atoms with Gasteiger partial charge in [0.1, 0.15) is 0 Å². The summed E-state index contributed by atoms with van der Waals surface area (Å²) in [4.78, 5) is 2.35. The van der Waals surface area contributed by atoms with Crippen LogP contribution in [0.4, 0.5) is 17.1 Å². The Balaban J connectivity index is 1.17. The number of anilines is 3. The first-order valence-corrected chi connectivity index (χ1v) is 17.1. The normalized spacial score (nSPS) is 11.2. The molecule has 2 heteroatoms. The van der Waals surface area contributed by atoms with Crippen LogP contribution in [0.15, 0.2) is 206 Å². The van der Waals surface area contributed by atoms with Crippen molar-refractivity contribution in [3.05, 3.63) is 206 Å². The summed E-state index contributed by atoms with van der Waals surface area (Å²) in [5.41, 5.74) is 14.1. The molecule has 0 radical (unpaired) electrons. The molecule has 0 spiro atoms. The van der Waals surface area contributed by atoms with Crippen molar-refractivity contribution in [2.45, 2.75) is 0 Å². The van der Waals surface area contributed by atoms with Crippen LogP contribution in [0.1, 0.15) is 0 Å². The lowest BCUT2D eigenvalue weighted by molar-refractivity contribution is 1.18. The van der Waals surface area contributed by atoms with E-state index in [4.69, 9.17) is 0 Å². The number of hydrogen-bond acceptors (Lipinski definition) is 1. The Labute approximate surface area is 292 Å². The van der Waals surface area contributed by atoms with Gasteiger partial charge in [0.15, 0.2) is 0 Å². The van der Waals surface area contributed by atoms with Gasteiger partial charge < -0.3 is 9.47 Å². The number of rotatable bonds is 7. The summed E-state index contributed by atoms with van der Waals surface area (Å²) >= 11 is 0. The first kappa shape index (κ1) is 29.5. The van der Waals surface area contributed by atoms with Gasteiger partial charge in [0.25, 0.3) is 0 Å². The zero-order valence-corrected chi connectivity index (χ0v) is 27.5. The van der Waals surface area contributed by atoms with Crippen LogP contribution in [0.3, 0.4) is 0 Å². The average Bonchev–Trinajstić information content (AvgIpc) is 3.53. The maximum absolute atomic E-state index is 2.41. The first-order chi connectivity index (χ1) is 24.8. The van der Waals surface area contributed by atoms with Crippen LogP contribution < -0.4 is 4.90 Å². The molecule has 0 aliphatic heterocycles. The van der Waals surface area contributed by atoms with E-state index in [0.717, 1.165) is 22.7 Å². The van der Waals surface area contributed by atoms with Crippen molar-refractivity contribution in [3.63, 3.8) is 0 Å². The molecule has 0 amide bonds. The Kier molecular flexibility index (Phi) is 7.53. The number of para-hydroxylation sites is 2. The molecule has 0 aliphatic rings. The topological polar surface area (TPSA) is 8.17 Å². The Hall–Kier alpha value is -6.64. The summed E-state index contributed by atoms with van der Waals surface area (Å²) < 4.78 is 2.41. The van der Waals surface area contributed by atoms with Crippen LogP contribution >= 0.6 is 0 Å². The third kappa shape index (κ3) is 5.43. The average molecular weight is 639 g/mol. The number of hydrogen-bond donors (Lipinski definition) is 0. The molecule has 0 aliphatic carbocycles. The molecule has 0 unspecified atom stereocenters. The van der Waals surface area contributed by atoms with Gasteiger partial charge in [0, 0.05) is 33.5 Å². The number of aromatic nitrogens is 1. The molecule has 0 fully saturated rings. The van der Waals surface area contributed by atoms with E-state index in [2.05, 4.69) is 216 Å². The minimum Gasteiger partial charge on any atom is -0.310 e. The van der Waals surface area contributed by atoms with Gasteiger partial charge in [-0.1, -0.05) is 146 Å². The molecule has 2 nitrogen and oxygen atoms in total. The standard InChI is InChI=1S/C48H34N2/c1-4-14-35(15-5-1)38-18-12-19-39(32-38)37-26-28-42(29-27-37)49(41-21-8-3-9-22-41)44-30-31-46-45-24-10-11-25-47(45)50(48(46)34-44)43-23-13-20-40(33-43)36-16-6-2-7-17-36/h1-34H. The second-order valence-electron chi connectivity index (χ2n) is 12.6. The second-order valence-corrected chi connectivity index (χ2v) is 12.6. The van der Waals surface area contributed by atoms with Gasteiger partial charge in [0.2, 0.25) is 0 Å². The molecule has 0 atom stereocenters. The Morgan fingerprint density at radius 2 is 0.760 bits per heavy atom. The number of benzene rings is 8. The van der Waals surface area contributed by atoms with Crippen molar-refractivity contribution in [1.29, 1.82) is 0 Å². The largest absolute Gasteiger partial charge is 0.310 e. The molecule has 9 rings (SSSR count). The summed E-state index contributed by atoms with van der Waals surface area (Å²) in [7, 11) is 0. The third-order valence-corrected chi connectivity index (χ3v) is 9.57. The molecular formula is C48H34N2. The van der Waals surface area contributed by atoms with E-state index in [1.165, 1.54) is 55.2 Å². The summed E-state index contributed by atoms with van der Waals surface area (Å²) in [5, 5.41) is 2.48. The van der Waals surface area contributed by atoms with Crippen LogP contribution in [0.25, 0.3) is 60.9 Å². The molecule has 0 N–H and O–H groups in total. The quantitative estimate of drug-likeness (QED) is 0.169.